The minimum atomic E-state index is -0.869. The van der Waals surface area contributed by atoms with E-state index < -0.39 is 5.97 Å². The van der Waals surface area contributed by atoms with Gasteiger partial charge in [-0.2, -0.15) is 0 Å². The number of aryl methyl sites for hydroxylation is 1. The van der Waals surface area contributed by atoms with Gasteiger partial charge in [0.15, 0.2) is 6.79 Å². The minimum absolute atomic E-state index is 0.242. The molecule has 132 valence electrons. The normalized spacial score (nSPS) is 15.8. The van der Waals surface area contributed by atoms with Crippen molar-refractivity contribution < 1.29 is 19.4 Å². The molecular weight excluding hydrogens is 318 g/mol. The van der Waals surface area contributed by atoms with Gasteiger partial charge in [-0.1, -0.05) is 24.3 Å². The fourth-order valence-corrected chi connectivity index (χ4v) is 3.32. The van der Waals surface area contributed by atoms with E-state index in [1.165, 1.54) is 5.56 Å². The summed E-state index contributed by atoms with van der Waals surface area (Å²) in [7, 11) is 1.61. The van der Waals surface area contributed by atoms with Crippen LogP contribution in [-0.4, -0.2) is 31.5 Å². The molecule has 2 N–H and O–H groups in total. The number of fused-ring (bicyclic) bond motifs is 1. The first-order valence-corrected chi connectivity index (χ1v) is 8.48. The number of aromatic carboxylic acids is 1. The molecule has 0 amide bonds. The van der Waals surface area contributed by atoms with Crippen molar-refractivity contribution in [2.75, 3.05) is 20.4 Å². The lowest BCUT2D eigenvalue weighted by Crippen LogP contribution is -2.22. The van der Waals surface area contributed by atoms with Crippen molar-refractivity contribution in [3.8, 4) is 5.75 Å². The van der Waals surface area contributed by atoms with E-state index in [1.807, 2.05) is 24.3 Å². The molecule has 0 aromatic heterocycles. The molecule has 0 radical (unpaired) electrons. The molecule has 1 aliphatic rings. The summed E-state index contributed by atoms with van der Waals surface area (Å²) in [4.78, 5) is 11.1. The van der Waals surface area contributed by atoms with Gasteiger partial charge in [-0.3, -0.25) is 0 Å². The van der Waals surface area contributed by atoms with E-state index in [9.17, 15) is 4.79 Å². The molecule has 1 atom stereocenters. The average molecular weight is 341 g/mol. The van der Waals surface area contributed by atoms with Crippen LogP contribution >= 0.6 is 0 Å². The summed E-state index contributed by atoms with van der Waals surface area (Å²) in [5.41, 5.74) is 3.87. The summed E-state index contributed by atoms with van der Waals surface area (Å²) in [6.07, 6.45) is 2.78. The maximum absolute atomic E-state index is 11.1. The van der Waals surface area contributed by atoms with Crippen LogP contribution in [0, 0.1) is 0 Å². The molecule has 0 spiro atoms. The van der Waals surface area contributed by atoms with E-state index in [2.05, 4.69) is 11.4 Å². The smallest absolute Gasteiger partial charge is 0.335 e. The number of ether oxygens (including phenoxy) is 2. The number of carboxylic acid groups (broad SMARTS) is 1. The van der Waals surface area contributed by atoms with Crippen LogP contribution < -0.4 is 10.1 Å². The highest BCUT2D eigenvalue weighted by molar-refractivity contribution is 5.88. The Morgan fingerprint density at radius 2 is 2.12 bits per heavy atom. The van der Waals surface area contributed by atoms with Gasteiger partial charge in [0, 0.05) is 13.2 Å². The topological polar surface area (TPSA) is 67.8 Å². The standard InChI is InChI=1S/C20H23NO4/c1-24-13-25-19-5-3-2-4-14(19)10-11-21-18-9-7-15-12-16(20(22)23)6-8-17(15)18/h2-6,8,12,18,21H,7,9-11,13H2,1H3,(H,22,23). The maximum atomic E-state index is 11.1. The van der Waals surface area contributed by atoms with Crippen molar-refractivity contribution in [1.29, 1.82) is 0 Å². The number of benzene rings is 2. The Hall–Kier alpha value is -2.37. The van der Waals surface area contributed by atoms with E-state index in [-0.39, 0.29) is 12.8 Å². The van der Waals surface area contributed by atoms with Crippen LogP contribution in [0.25, 0.3) is 0 Å². The molecule has 0 fully saturated rings. The summed E-state index contributed by atoms with van der Waals surface area (Å²) in [5, 5.41) is 12.7. The van der Waals surface area contributed by atoms with Crippen molar-refractivity contribution in [2.45, 2.75) is 25.3 Å². The zero-order valence-corrected chi connectivity index (χ0v) is 14.3. The predicted octanol–water partition coefficient (Wildman–Crippen LogP) is 3.19. The first-order chi connectivity index (χ1) is 12.2. The molecule has 25 heavy (non-hydrogen) atoms. The van der Waals surface area contributed by atoms with Crippen molar-refractivity contribution in [2.24, 2.45) is 0 Å². The van der Waals surface area contributed by atoms with Crippen LogP contribution in [0.3, 0.4) is 0 Å². The Kier molecular flexibility index (Phi) is 5.68. The fourth-order valence-electron chi connectivity index (χ4n) is 3.32. The summed E-state index contributed by atoms with van der Waals surface area (Å²) >= 11 is 0. The lowest BCUT2D eigenvalue weighted by atomic mass is 10.0. The zero-order chi connectivity index (χ0) is 17.6. The summed E-state index contributed by atoms with van der Waals surface area (Å²) < 4.78 is 10.6. The number of para-hydroxylation sites is 1. The number of methoxy groups -OCH3 is 1. The van der Waals surface area contributed by atoms with Gasteiger partial charge in [0.1, 0.15) is 5.75 Å². The Bertz CT molecular complexity index is 744. The maximum Gasteiger partial charge on any atom is 0.335 e. The van der Waals surface area contributed by atoms with Crippen LogP contribution in [0.4, 0.5) is 0 Å². The summed E-state index contributed by atoms with van der Waals surface area (Å²) in [6, 6.07) is 13.7. The summed E-state index contributed by atoms with van der Waals surface area (Å²) in [6.45, 7) is 1.07. The lowest BCUT2D eigenvalue weighted by Gasteiger charge is -2.15. The molecular formula is C20H23NO4. The minimum Gasteiger partial charge on any atom is -0.478 e. The van der Waals surface area contributed by atoms with E-state index in [4.69, 9.17) is 14.6 Å². The molecule has 5 heteroatoms. The van der Waals surface area contributed by atoms with Crippen LogP contribution in [0.2, 0.25) is 0 Å². The monoisotopic (exact) mass is 341 g/mol. The second-order valence-corrected chi connectivity index (χ2v) is 6.17. The van der Waals surface area contributed by atoms with Crippen molar-refractivity contribution in [3.05, 3.63) is 64.7 Å². The zero-order valence-electron chi connectivity index (χ0n) is 14.3. The average Bonchev–Trinajstić information content (AvgIpc) is 3.03. The van der Waals surface area contributed by atoms with Crippen LogP contribution in [0.1, 0.15) is 39.5 Å². The largest absolute Gasteiger partial charge is 0.478 e. The van der Waals surface area contributed by atoms with Crippen LogP contribution in [-0.2, 0) is 17.6 Å². The summed E-state index contributed by atoms with van der Waals surface area (Å²) in [5.74, 6) is -0.0176. The van der Waals surface area contributed by atoms with Crippen molar-refractivity contribution in [3.63, 3.8) is 0 Å². The lowest BCUT2D eigenvalue weighted by molar-refractivity contribution is 0.0504. The van der Waals surface area contributed by atoms with Crippen LogP contribution in [0.15, 0.2) is 42.5 Å². The fraction of sp³-hybridized carbons (Fsp3) is 0.350. The number of nitrogens with one attached hydrogen (secondary N) is 1. The van der Waals surface area contributed by atoms with E-state index in [1.54, 1.807) is 19.2 Å². The number of carboxylic acids is 1. The molecule has 5 nitrogen and oxygen atoms in total. The first kappa shape index (κ1) is 17.5. The van der Waals surface area contributed by atoms with Gasteiger partial charge in [-0.25, -0.2) is 4.79 Å². The Balaban J connectivity index is 1.59. The molecule has 0 heterocycles. The molecule has 0 bridgehead atoms. The van der Waals surface area contributed by atoms with Gasteiger partial charge in [-0.15, -0.1) is 0 Å². The molecule has 0 aliphatic heterocycles. The molecule has 1 aliphatic carbocycles. The third kappa shape index (κ3) is 4.18. The van der Waals surface area contributed by atoms with Crippen molar-refractivity contribution >= 4 is 5.97 Å². The molecule has 2 aromatic carbocycles. The molecule has 0 saturated carbocycles. The van der Waals surface area contributed by atoms with Crippen LogP contribution in [0.5, 0.6) is 5.75 Å². The molecule has 3 rings (SSSR count). The highest BCUT2D eigenvalue weighted by Gasteiger charge is 2.22. The number of hydrogen-bond donors (Lipinski definition) is 2. The number of hydrogen-bond acceptors (Lipinski definition) is 4. The van der Waals surface area contributed by atoms with Gasteiger partial charge in [0.25, 0.3) is 0 Å². The second-order valence-electron chi connectivity index (χ2n) is 6.17. The Morgan fingerprint density at radius 3 is 2.92 bits per heavy atom. The highest BCUT2D eigenvalue weighted by Crippen LogP contribution is 2.31. The predicted molar refractivity (Wildman–Crippen MR) is 95.1 cm³/mol. The van der Waals surface area contributed by atoms with Gasteiger partial charge < -0.3 is 19.9 Å². The SMILES string of the molecule is COCOc1ccccc1CCNC1CCc2cc(C(=O)O)ccc21. The van der Waals surface area contributed by atoms with E-state index in [0.29, 0.717) is 5.56 Å². The van der Waals surface area contributed by atoms with Crippen molar-refractivity contribution in [1.82, 2.24) is 5.32 Å². The Labute approximate surface area is 147 Å². The third-order valence-electron chi connectivity index (χ3n) is 4.56. The quantitative estimate of drug-likeness (QED) is 0.722. The molecule has 2 aromatic rings. The van der Waals surface area contributed by atoms with Gasteiger partial charge in [0.05, 0.1) is 5.56 Å². The Morgan fingerprint density at radius 1 is 1.28 bits per heavy atom. The molecule has 0 saturated heterocycles. The van der Waals surface area contributed by atoms with Gasteiger partial charge in [0.2, 0.25) is 0 Å². The molecule has 1 unspecified atom stereocenters. The van der Waals surface area contributed by atoms with E-state index in [0.717, 1.165) is 42.7 Å². The number of rotatable bonds is 8. The first-order valence-electron chi connectivity index (χ1n) is 8.48. The highest BCUT2D eigenvalue weighted by atomic mass is 16.7. The van der Waals surface area contributed by atoms with Gasteiger partial charge in [-0.05, 0) is 60.7 Å². The number of carbonyl (C=O) groups is 1. The van der Waals surface area contributed by atoms with Gasteiger partial charge >= 0.3 is 5.97 Å². The third-order valence-corrected chi connectivity index (χ3v) is 4.56. The second kappa shape index (κ2) is 8.14. The van der Waals surface area contributed by atoms with E-state index >= 15 is 0 Å².